The number of rotatable bonds is 17. The summed E-state index contributed by atoms with van der Waals surface area (Å²) in [7, 11) is 0. The fourth-order valence-corrected chi connectivity index (χ4v) is 6.51. The first-order valence-electron chi connectivity index (χ1n) is 17.4. The van der Waals surface area contributed by atoms with E-state index in [4.69, 9.17) is 5.73 Å². The molecule has 6 N–H and O–H groups in total. The highest BCUT2D eigenvalue weighted by molar-refractivity contribution is 5.96. The normalized spacial score (nSPS) is 20.8. The van der Waals surface area contributed by atoms with Gasteiger partial charge in [-0.3, -0.25) is 24.0 Å². The van der Waals surface area contributed by atoms with Gasteiger partial charge < -0.3 is 36.6 Å². The van der Waals surface area contributed by atoms with E-state index in [0.29, 0.717) is 45.2 Å². The summed E-state index contributed by atoms with van der Waals surface area (Å²) in [6, 6.07) is -5.24. The molecular formula is C34H60N6O7. The van der Waals surface area contributed by atoms with Gasteiger partial charge in [-0.25, -0.2) is 4.79 Å². The van der Waals surface area contributed by atoms with Crippen molar-refractivity contribution in [3.05, 3.63) is 0 Å². The first kappa shape index (κ1) is 40.0. The monoisotopic (exact) mass is 664 g/mol. The largest absolute Gasteiger partial charge is 0.480 e. The minimum absolute atomic E-state index is 0.0117. The second-order valence-corrected chi connectivity index (χ2v) is 15.0. The molecule has 0 saturated carbocycles. The van der Waals surface area contributed by atoms with Crippen LogP contribution in [0.15, 0.2) is 0 Å². The van der Waals surface area contributed by atoms with Crippen molar-refractivity contribution in [2.24, 2.45) is 29.4 Å². The third kappa shape index (κ3) is 12.1. The second kappa shape index (κ2) is 18.4. The highest BCUT2D eigenvalue weighted by Crippen LogP contribution is 2.26. The summed E-state index contributed by atoms with van der Waals surface area (Å²) in [6.45, 7) is 16.1. The van der Waals surface area contributed by atoms with Gasteiger partial charge in [0.1, 0.15) is 30.2 Å². The second-order valence-electron chi connectivity index (χ2n) is 15.0. The van der Waals surface area contributed by atoms with Crippen LogP contribution >= 0.6 is 0 Å². The molecule has 2 fully saturated rings. The van der Waals surface area contributed by atoms with Crippen molar-refractivity contribution in [3.63, 3.8) is 0 Å². The Hall–Kier alpha value is -3.22. The summed E-state index contributed by atoms with van der Waals surface area (Å²) in [5.41, 5.74) is 6.18. The molecule has 0 spiro atoms. The maximum atomic E-state index is 13.8. The van der Waals surface area contributed by atoms with Crippen LogP contribution in [0.4, 0.5) is 0 Å². The van der Waals surface area contributed by atoms with Crippen LogP contribution in [0.1, 0.15) is 107 Å². The van der Waals surface area contributed by atoms with Crippen molar-refractivity contribution in [3.8, 4) is 0 Å². The Morgan fingerprint density at radius 2 is 1.06 bits per heavy atom. The predicted molar refractivity (Wildman–Crippen MR) is 179 cm³/mol. The molecule has 268 valence electrons. The summed E-state index contributed by atoms with van der Waals surface area (Å²) >= 11 is 0. The maximum Gasteiger partial charge on any atom is 0.326 e. The number of carbonyl (C=O) groups is 6. The van der Waals surface area contributed by atoms with Crippen molar-refractivity contribution in [2.45, 2.75) is 143 Å². The maximum absolute atomic E-state index is 13.8. The average Bonchev–Trinajstić information content (AvgIpc) is 3.64. The van der Waals surface area contributed by atoms with Gasteiger partial charge in [0.25, 0.3) is 0 Å². The minimum atomic E-state index is -1.15. The number of aliphatic carboxylic acids is 1. The standard InChI is InChI=1S/C34H60N6O7/c1-19(2)15-23(35)32(44)40-14-10-12-28(40)33(45)39-13-9-11-27(39)31(43)37-25(17-21(5)6)29(41)36-24(16-20(3)4)30(42)38-26(34(46)47)18-22(7)8/h19-28H,9-18,35H2,1-8H3,(H,36,41)(H,37,43)(H,38,42)(H,46,47)/t23-,24-,25-,26-,27-,28-/m0/s1. The van der Waals surface area contributed by atoms with Gasteiger partial charge in [0.15, 0.2) is 0 Å². The number of hydrogen-bond acceptors (Lipinski definition) is 7. The van der Waals surface area contributed by atoms with E-state index in [1.165, 1.54) is 4.90 Å². The number of carboxylic acid groups (broad SMARTS) is 1. The van der Waals surface area contributed by atoms with E-state index in [9.17, 15) is 33.9 Å². The molecule has 0 aromatic heterocycles. The van der Waals surface area contributed by atoms with E-state index in [2.05, 4.69) is 16.0 Å². The molecular weight excluding hydrogens is 604 g/mol. The van der Waals surface area contributed by atoms with Gasteiger partial charge in [-0.05, 0) is 75.0 Å². The number of nitrogens with zero attached hydrogens (tertiary/aromatic N) is 2. The molecule has 0 aromatic rings. The Kier molecular flexibility index (Phi) is 15.6. The lowest BCUT2D eigenvalue weighted by Gasteiger charge is -2.33. The molecule has 2 heterocycles. The number of carboxylic acids is 1. The first-order valence-corrected chi connectivity index (χ1v) is 17.4. The molecule has 13 heteroatoms. The highest BCUT2D eigenvalue weighted by atomic mass is 16.4. The first-order chi connectivity index (χ1) is 21.9. The van der Waals surface area contributed by atoms with Crippen LogP contribution in [-0.4, -0.2) is 99.8 Å². The molecule has 2 saturated heterocycles. The third-order valence-corrected chi connectivity index (χ3v) is 8.70. The van der Waals surface area contributed by atoms with Crippen molar-refractivity contribution in [1.29, 1.82) is 0 Å². The van der Waals surface area contributed by atoms with Crippen LogP contribution in [0, 0.1) is 23.7 Å². The Bertz CT molecular complexity index is 1110. The molecule has 0 radical (unpaired) electrons. The Balaban J connectivity index is 2.19. The van der Waals surface area contributed by atoms with Gasteiger partial charge in [0.2, 0.25) is 29.5 Å². The molecule has 5 amide bonds. The van der Waals surface area contributed by atoms with Crippen molar-refractivity contribution in [1.82, 2.24) is 25.8 Å². The fraction of sp³-hybridized carbons (Fsp3) is 0.824. The lowest BCUT2D eigenvalue weighted by atomic mass is 9.98. The van der Waals surface area contributed by atoms with Crippen LogP contribution in [0.2, 0.25) is 0 Å². The van der Waals surface area contributed by atoms with Crippen molar-refractivity contribution >= 4 is 35.5 Å². The smallest absolute Gasteiger partial charge is 0.326 e. The number of carbonyl (C=O) groups excluding carboxylic acids is 5. The molecule has 0 aromatic carbocycles. The summed E-state index contributed by atoms with van der Waals surface area (Å²) in [5, 5.41) is 17.8. The number of amides is 5. The third-order valence-electron chi connectivity index (χ3n) is 8.70. The number of nitrogens with two attached hydrogens (primary N) is 1. The average molecular weight is 665 g/mol. The van der Waals surface area contributed by atoms with Crippen LogP contribution in [0.25, 0.3) is 0 Å². The lowest BCUT2D eigenvalue weighted by molar-refractivity contribution is -0.147. The zero-order valence-electron chi connectivity index (χ0n) is 29.7. The van der Waals surface area contributed by atoms with E-state index >= 15 is 0 Å². The van der Waals surface area contributed by atoms with Gasteiger partial charge in [-0.1, -0.05) is 55.4 Å². The summed E-state index contributed by atoms with van der Waals surface area (Å²) < 4.78 is 0. The van der Waals surface area contributed by atoms with Gasteiger partial charge in [0.05, 0.1) is 6.04 Å². The van der Waals surface area contributed by atoms with E-state index in [1.807, 2.05) is 55.4 Å². The summed E-state index contributed by atoms with van der Waals surface area (Å²) in [4.78, 5) is 82.4. The molecule has 6 atom stereocenters. The Morgan fingerprint density at radius 3 is 1.55 bits per heavy atom. The molecule has 13 nitrogen and oxygen atoms in total. The zero-order valence-corrected chi connectivity index (χ0v) is 29.7. The van der Waals surface area contributed by atoms with E-state index < -0.39 is 59.9 Å². The van der Waals surface area contributed by atoms with E-state index in [1.54, 1.807) is 4.90 Å². The van der Waals surface area contributed by atoms with Gasteiger partial charge >= 0.3 is 5.97 Å². The fourth-order valence-electron chi connectivity index (χ4n) is 6.51. The Labute approximate surface area is 280 Å². The van der Waals surface area contributed by atoms with Gasteiger partial charge in [0, 0.05) is 13.1 Å². The molecule has 2 rings (SSSR count). The molecule has 2 aliphatic heterocycles. The molecule has 0 bridgehead atoms. The lowest BCUT2D eigenvalue weighted by Crippen LogP contribution is -2.59. The molecule has 2 aliphatic rings. The number of nitrogens with one attached hydrogen (secondary N) is 3. The van der Waals surface area contributed by atoms with E-state index in [0.717, 1.165) is 0 Å². The predicted octanol–water partition coefficient (Wildman–Crippen LogP) is 2.02. The summed E-state index contributed by atoms with van der Waals surface area (Å²) in [6.07, 6.45) is 3.52. The van der Waals surface area contributed by atoms with Crippen molar-refractivity contribution in [2.75, 3.05) is 13.1 Å². The Morgan fingerprint density at radius 1 is 0.638 bits per heavy atom. The quantitative estimate of drug-likeness (QED) is 0.156. The van der Waals surface area contributed by atoms with Crippen LogP contribution in [0.3, 0.4) is 0 Å². The van der Waals surface area contributed by atoms with Crippen LogP contribution in [0.5, 0.6) is 0 Å². The number of likely N-dealkylation sites (tertiary alicyclic amines) is 2. The van der Waals surface area contributed by atoms with Crippen LogP contribution < -0.4 is 21.7 Å². The van der Waals surface area contributed by atoms with Gasteiger partial charge in [-0.2, -0.15) is 0 Å². The molecule has 47 heavy (non-hydrogen) atoms. The molecule has 0 unspecified atom stereocenters. The highest BCUT2D eigenvalue weighted by Gasteiger charge is 2.43. The zero-order chi connectivity index (χ0) is 35.6. The minimum Gasteiger partial charge on any atom is -0.480 e. The van der Waals surface area contributed by atoms with E-state index in [-0.39, 0.29) is 54.7 Å². The SMILES string of the molecule is CC(C)C[C@H](NC(=O)[C@H](CC(C)C)NC(=O)[C@H](CC(C)C)NC(=O)[C@@H]1CCCN1C(=O)[C@@H]1CCCN1C(=O)[C@@H](N)CC(C)C)C(=O)O. The van der Waals surface area contributed by atoms with Gasteiger partial charge in [-0.15, -0.1) is 0 Å². The topological polar surface area (TPSA) is 191 Å². The van der Waals surface area contributed by atoms with Crippen LogP contribution in [-0.2, 0) is 28.8 Å². The summed E-state index contributed by atoms with van der Waals surface area (Å²) in [5.74, 6) is -2.99. The number of hydrogen-bond donors (Lipinski definition) is 5. The molecule has 0 aliphatic carbocycles. The van der Waals surface area contributed by atoms with Crippen molar-refractivity contribution < 1.29 is 33.9 Å².